The topological polar surface area (TPSA) is 81.4 Å². The zero-order valence-corrected chi connectivity index (χ0v) is 12.2. The molecule has 0 heterocycles. The van der Waals surface area contributed by atoms with E-state index in [2.05, 4.69) is 10.1 Å². The van der Waals surface area contributed by atoms with Crippen LogP contribution in [0.15, 0.2) is 23.9 Å². The van der Waals surface area contributed by atoms with Gasteiger partial charge in [-0.3, -0.25) is 4.79 Å². The van der Waals surface area contributed by atoms with E-state index in [0.29, 0.717) is 5.69 Å². The third-order valence-corrected chi connectivity index (χ3v) is 2.76. The summed E-state index contributed by atoms with van der Waals surface area (Å²) < 4.78 is 4.64. The average molecular weight is 276 g/mol. The number of methoxy groups -OCH3 is 1. The number of carbonyl (C=O) groups is 2. The number of benzene rings is 1. The van der Waals surface area contributed by atoms with Gasteiger partial charge in [-0.1, -0.05) is 19.9 Å². The van der Waals surface area contributed by atoms with Crippen LogP contribution in [0.1, 0.15) is 37.8 Å². The fourth-order valence-electron chi connectivity index (χ4n) is 1.80. The van der Waals surface area contributed by atoms with E-state index < -0.39 is 5.97 Å². The lowest BCUT2D eigenvalue weighted by Gasteiger charge is -2.11. The van der Waals surface area contributed by atoms with Crippen LogP contribution in [0.25, 0.3) is 6.08 Å². The Morgan fingerprint density at radius 2 is 2.00 bits per heavy atom. The smallest absolute Gasteiger partial charge is 0.354 e. The normalized spacial score (nSPS) is 11.3. The highest BCUT2D eigenvalue weighted by molar-refractivity contribution is 5.97. The van der Waals surface area contributed by atoms with Gasteiger partial charge in [-0.25, -0.2) is 4.79 Å². The second-order valence-corrected chi connectivity index (χ2v) is 4.77. The molecule has 1 aromatic carbocycles. The molecule has 5 nitrogen and oxygen atoms in total. The Bertz CT molecular complexity index is 548. The van der Waals surface area contributed by atoms with E-state index in [1.807, 2.05) is 19.9 Å². The first-order chi connectivity index (χ1) is 9.35. The molecule has 0 atom stereocenters. The van der Waals surface area contributed by atoms with Gasteiger partial charge in [0, 0.05) is 12.6 Å². The van der Waals surface area contributed by atoms with Crippen molar-refractivity contribution in [2.45, 2.75) is 26.7 Å². The summed E-state index contributed by atoms with van der Waals surface area (Å²) in [5, 5.41) is 2.46. The van der Waals surface area contributed by atoms with Gasteiger partial charge in [0.05, 0.1) is 7.11 Å². The Labute approximate surface area is 118 Å². The van der Waals surface area contributed by atoms with Gasteiger partial charge in [0.25, 0.3) is 0 Å². The van der Waals surface area contributed by atoms with E-state index in [1.54, 1.807) is 18.2 Å². The Kier molecular flexibility index (Phi) is 5.32. The van der Waals surface area contributed by atoms with Crippen molar-refractivity contribution in [1.29, 1.82) is 0 Å². The molecule has 0 aliphatic rings. The number of ether oxygens (including phenoxy) is 1. The van der Waals surface area contributed by atoms with Gasteiger partial charge in [0.15, 0.2) is 0 Å². The molecule has 108 valence electrons. The molecular weight excluding hydrogens is 256 g/mol. The molecule has 0 radical (unpaired) electrons. The Balaban J connectivity index is 3.20. The van der Waals surface area contributed by atoms with Crippen molar-refractivity contribution < 1.29 is 14.3 Å². The molecule has 0 aliphatic heterocycles. The van der Waals surface area contributed by atoms with Crippen molar-refractivity contribution >= 4 is 23.6 Å². The largest absolute Gasteiger partial charge is 0.464 e. The molecule has 0 unspecified atom stereocenters. The predicted molar refractivity (Wildman–Crippen MR) is 78.8 cm³/mol. The van der Waals surface area contributed by atoms with E-state index in [1.165, 1.54) is 14.0 Å². The van der Waals surface area contributed by atoms with Crippen LogP contribution in [0, 0.1) is 0 Å². The number of nitrogen functional groups attached to an aromatic ring is 1. The van der Waals surface area contributed by atoms with Gasteiger partial charge in [-0.2, -0.15) is 0 Å². The minimum Gasteiger partial charge on any atom is -0.464 e. The molecule has 0 saturated heterocycles. The SMILES string of the molecule is COC(=O)C(=Cc1ccc(N)c(C(C)C)c1)NC(C)=O. The summed E-state index contributed by atoms with van der Waals surface area (Å²) in [5.74, 6) is -0.657. The fourth-order valence-corrected chi connectivity index (χ4v) is 1.80. The average Bonchev–Trinajstić information content (AvgIpc) is 2.38. The maximum atomic E-state index is 11.6. The van der Waals surface area contributed by atoms with Crippen LogP contribution in [0.2, 0.25) is 0 Å². The van der Waals surface area contributed by atoms with Crippen molar-refractivity contribution in [2.75, 3.05) is 12.8 Å². The lowest BCUT2D eigenvalue weighted by molar-refractivity contribution is -0.137. The van der Waals surface area contributed by atoms with Crippen molar-refractivity contribution in [1.82, 2.24) is 5.32 Å². The van der Waals surface area contributed by atoms with E-state index in [-0.39, 0.29) is 17.5 Å². The van der Waals surface area contributed by atoms with E-state index in [4.69, 9.17) is 5.73 Å². The molecule has 1 amide bonds. The molecular formula is C15H20N2O3. The monoisotopic (exact) mass is 276 g/mol. The Morgan fingerprint density at radius 3 is 2.50 bits per heavy atom. The van der Waals surface area contributed by atoms with Crippen LogP contribution in [-0.2, 0) is 14.3 Å². The van der Waals surface area contributed by atoms with E-state index in [0.717, 1.165) is 11.1 Å². The highest BCUT2D eigenvalue weighted by Crippen LogP contribution is 2.23. The first kappa shape index (κ1) is 15.8. The molecule has 5 heteroatoms. The lowest BCUT2D eigenvalue weighted by atomic mass is 9.98. The zero-order chi connectivity index (χ0) is 15.3. The number of amides is 1. The third-order valence-electron chi connectivity index (χ3n) is 2.76. The van der Waals surface area contributed by atoms with Gasteiger partial charge in [-0.05, 0) is 35.3 Å². The molecule has 0 spiro atoms. The van der Waals surface area contributed by atoms with Crippen LogP contribution in [-0.4, -0.2) is 19.0 Å². The minimum absolute atomic E-state index is 0.0967. The van der Waals surface area contributed by atoms with E-state index in [9.17, 15) is 9.59 Å². The van der Waals surface area contributed by atoms with Crippen LogP contribution in [0.3, 0.4) is 0 Å². The Hall–Kier alpha value is -2.30. The number of nitrogens with one attached hydrogen (secondary N) is 1. The molecule has 1 aromatic rings. The zero-order valence-electron chi connectivity index (χ0n) is 12.2. The summed E-state index contributed by atoms with van der Waals surface area (Å²) >= 11 is 0. The number of esters is 1. The van der Waals surface area contributed by atoms with Gasteiger partial charge in [0.2, 0.25) is 5.91 Å². The summed E-state index contributed by atoms with van der Waals surface area (Å²) in [6.45, 7) is 5.40. The number of hydrogen-bond acceptors (Lipinski definition) is 4. The number of nitrogens with two attached hydrogens (primary N) is 1. The first-order valence-electron chi connectivity index (χ1n) is 6.32. The van der Waals surface area contributed by atoms with Crippen LogP contribution in [0.5, 0.6) is 0 Å². The molecule has 20 heavy (non-hydrogen) atoms. The maximum absolute atomic E-state index is 11.6. The lowest BCUT2D eigenvalue weighted by Crippen LogP contribution is -2.25. The quantitative estimate of drug-likeness (QED) is 0.501. The molecule has 0 aliphatic carbocycles. The highest BCUT2D eigenvalue weighted by atomic mass is 16.5. The summed E-state index contributed by atoms with van der Waals surface area (Å²) in [7, 11) is 1.26. The molecule has 0 saturated carbocycles. The first-order valence-corrected chi connectivity index (χ1v) is 6.32. The number of rotatable bonds is 4. The fraction of sp³-hybridized carbons (Fsp3) is 0.333. The van der Waals surface area contributed by atoms with Gasteiger partial charge >= 0.3 is 5.97 Å². The van der Waals surface area contributed by atoms with Crippen LogP contribution in [0.4, 0.5) is 5.69 Å². The predicted octanol–water partition coefficient (Wildman–Crippen LogP) is 2.04. The van der Waals surface area contributed by atoms with Gasteiger partial charge < -0.3 is 15.8 Å². The summed E-state index contributed by atoms with van der Waals surface area (Å²) in [6, 6.07) is 5.46. The molecule has 3 N–H and O–H groups in total. The van der Waals surface area contributed by atoms with Crippen LogP contribution < -0.4 is 11.1 Å². The van der Waals surface area contributed by atoms with Gasteiger partial charge in [-0.15, -0.1) is 0 Å². The van der Waals surface area contributed by atoms with Crippen molar-refractivity contribution in [3.05, 3.63) is 35.0 Å². The van der Waals surface area contributed by atoms with Crippen molar-refractivity contribution in [3.63, 3.8) is 0 Å². The minimum atomic E-state index is -0.594. The molecule has 0 fully saturated rings. The molecule has 0 aromatic heterocycles. The van der Waals surface area contributed by atoms with Crippen LogP contribution >= 0.6 is 0 Å². The van der Waals surface area contributed by atoms with Crippen molar-refractivity contribution in [3.8, 4) is 0 Å². The summed E-state index contributed by atoms with van der Waals surface area (Å²) in [5.41, 5.74) is 8.47. The standard InChI is InChI=1S/C15H20N2O3/c1-9(2)12-7-11(5-6-13(12)16)8-14(15(19)20-4)17-10(3)18/h5-9H,16H2,1-4H3,(H,17,18). The number of carbonyl (C=O) groups excluding carboxylic acids is 2. The second kappa shape index (κ2) is 6.75. The molecule has 0 bridgehead atoms. The second-order valence-electron chi connectivity index (χ2n) is 4.77. The number of hydrogen-bond donors (Lipinski definition) is 2. The summed E-state index contributed by atoms with van der Waals surface area (Å²) in [6.07, 6.45) is 1.57. The number of anilines is 1. The molecule has 1 rings (SSSR count). The third kappa shape index (κ3) is 4.12. The highest BCUT2D eigenvalue weighted by Gasteiger charge is 2.12. The van der Waals surface area contributed by atoms with E-state index >= 15 is 0 Å². The summed E-state index contributed by atoms with van der Waals surface area (Å²) in [4.78, 5) is 22.7. The maximum Gasteiger partial charge on any atom is 0.354 e. The Morgan fingerprint density at radius 1 is 1.35 bits per heavy atom. The van der Waals surface area contributed by atoms with Gasteiger partial charge in [0.1, 0.15) is 5.70 Å². The van der Waals surface area contributed by atoms with Crippen molar-refractivity contribution in [2.24, 2.45) is 0 Å².